The van der Waals surface area contributed by atoms with Crippen LogP contribution in [0.1, 0.15) is 30.9 Å². The average molecular weight is 336 g/mol. The highest BCUT2D eigenvalue weighted by atomic mass is 16.3. The van der Waals surface area contributed by atoms with Crippen LogP contribution >= 0.6 is 0 Å². The molecule has 1 heteroatoms. The Morgan fingerprint density at radius 2 is 1.50 bits per heavy atom. The number of fused-ring (bicyclic) bond motifs is 3. The van der Waals surface area contributed by atoms with E-state index in [0.29, 0.717) is 0 Å². The smallest absolute Gasteiger partial charge is 0.142 e. The molecule has 0 unspecified atom stereocenters. The van der Waals surface area contributed by atoms with Crippen LogP contribution in [-0.4, -0.2) is 0 Å². The molecule has 5 rings (SSSR count). The Morgan fingerprint density at radius 1 is 0.731 bits per heavy atom. The molecule has 1 aliphatic carbocycles. The number of furan rings is 1. The van der Waals surface area contributed by atoms with Crippen molar-refractivity contribution in [2.24, 2.45) is 0 Å². The molecule has 3 aromatic carbocycles. The van der Waals surface area contributed by atoms with Crippen LogP contribution in [0.2, 0.25) is 0 Å². The van der Waals surface area contributed by atoms with Gasteiger partial charge in [-0.05, 0) is 42.5 Å². The predicted octanol–water partition coefficient (Wildman–Crippen LogP) is 7.24. The molecule has 0 saturated carbocycles. The SMILES string of the molecule is CC1=C(c2ccccc2)C=C(c2cccc3c2oc2ccccc23)CC1. The van der Waals surface area contributed by atoms with E-state index in [-0.39, 0.29) is 0 Å². The minimum Gasteiger partial charge on any atom is -0.455 e. The standard InChI is InChI=1S/C25H20O/c1-17-14-15-19(16-23(17)18-8-3-2-4-9-18)20-11-7-12-22-21-10-5-6-13-24(21)26-25(20)22/h2-13,16H,14-15H2,1H3. The first-order valence-electron chi connectivity index (χ1n) is 9.17. The molecular formula is C25H20O. The molecule has 126 valence electrons. The van der Waals surface area contributed by atoms with Gasteiger partial charge in [0.2, 0.25) is 0 Å². The van der Waals surface area contributed by atoms with E-state index in [0.717, 1.165) is 24.0 Å². The lowest BCUT2D eigenvalue weighted by atomic mass is 9.86. The van der Waals surface area contributed by atoms with E-state index in [9.17, 15) is 0 Å². The predicted molar refractivity (Wildman–Crippen MR) is 110 cm³/mol. The topological polar surface area (TPSA) is 13.1 Å². The molecule has 1 nitrogen and oxygen atoms in total. The van der Waals surface area contributed by atoms with Crippen LogP contribution in [0.4, 0.5) is 0 Å². The second-order valence-corrected chi connectivity index (χ2v) is 7.01. The second kappa shape index (κ2) is 6.03. The Balaban J connectivity index is 1.71. The van der Waals surface area contributed by atoms with E-state index in [1.807, 2.05) is 12.1 Å². The van der Waals surface area contributed by atoms with Crippen molar-refractivity contribution in [3.8, 4) is 0 Å². The highest BCUT2D eigenvalue weighted by molar-refractivity contribution is 6.08. The van der Waals surface area contributed by atoms with Crippen LogP contribution in [0.5, 0.6) is 0 Å². The monoisotopic (exact) mass is 336 g/mol. The van der Waals surface area contributed by atoms with Gasteiger partial charge in [-0.1, -0.05) is 78.4 Å². The van der Waals surface area contributed by atoms with E-state index in [1.54, 1.807) is 0 Å². The first-order valence-corrected chi connectivity index (χ1v) is 9.17. The van der Waals surface area contributed by atoms with Gasteiger partial charge in [0.05, 0.1) is 0 Å². The quantitative estimate of drug-likeness (QED) is 0.376. The summed E-state index contributed by atoms with van der Waals surface area (Å²) in [7, 11) is 0. The Kier molecular flexibility index (Phi) is 3.53. The number of para-hydroxylation sites is 2. The van der Waals surface area contributed by atoms with E-state index in [4.69, 9.17) is 4.42 Å². The molecule has 1 aromatic heterocycles. The molecule has 0 bridgehead atoms. The number of allylic oxidation sites excluding steroid dienone is 4. The highest BCUT2D eigenvalue weighted by Crippen LogP contribution is 2.39. The van der Waals surface area contributed by atoms with Crippen molar-refractivity contribution in [1.29, 1.82) is 0 Å². The Labute approximate surface area is 153 Å². The van der Waals surface area contributed by atoms with Gasteiger partial charge in [0, 0.05) is 16.3 Å². The van der Waals surface area contributed by atoms with E-state index in [1.165, 1.54) is 38.6 Å². The zero-order valence-electron chi connectivity index (χ0n) is 14.8. The molecule has 0 aliphatic heterocycles. The summed E-state index contributed by atoms with van der Waals surface area (Å²) in [6, 6.07) is 25.5. The highest BCUT2D eigenvalue weighted by Gasteiger charge is 2.17. The van der Waals surface area contributed by atoms with Gasteiger partial charge < -0.3 is 4.42 Å². The number of benzene rings is 3. The van der Waals surface area contributed by atoms with Crippen molar-refractivity contribution in [3.63, 3.8) is 0 Å². The van der Waals surface area contributed by atoms with Crippen molar-refractivity contribution in [2.45, 2.75) is 19.8 Å². The van der Waals surface area contributed by atoms with Gasteiger partial charge in [0.15, 0.2) is 0 Å². The van der Waals surface area contributed by atoms with Gasteiger partial charge in [-0.15, -0.1) is 0 Å². The molecule has 0 amide bonds. The minimum atomic E-state index is 0.960. The molecular weight excluding hydrogens is 316 g/mol. The van der Waals surface area contributed by atoms with Crippen LogP contribution in [0.15, 0.2) is 88.9 Å². The van der Waals surface area contributed by atoms with E-state index >= 15 is 0 Å². The van der Waals surface area contributed by atoms with Crippen LogP contribution in [0.3, 0.4) is 0 Å². The Bertz CT molecular complexity index is 1170. The summed E-state index contributed by atoms with van der Waals surface area (Å²) < 4.78 is 6.25. The molecule has 0 N–H and O–H groups in total. The molecule has 0 saturated heterocycles. The summed E-state index contributed by atoms with van der Waals surface area (Å²) in [5, 5.41) is 2.39. The third-order valence-corrected chi connectivity index (χ3v) is 5.38. The van der Waals surface area contributed by atoms with Crippen LogP contribution in [0, 0.1) is 0 Å². The van der Waals surface area contributed by atoms with Crippen LogP contribution in [-0.2, 0) is 0 Å². The summed E-state index contributed by atoms with van der Waals surface area (Å²) in [6.07, 6.45) is 4.50. The zero-order valence-corrected chi connectivity index (χ0v) is 14.8. The molecule has 26 heavy (non-hydrogen) atoms. The normalized spacial score (nSPS) is 14.9. The number of hydrogen-bond acceptors (Lipinski definition) is 1. The lowest BCUT2D eigenvalue weighted by Crippen LogP contribution is -1.97. The first kappa shape index (κ1) is 15.2. The molecule has 0 spiro atoms. The van der Waals surface area contributed by atoms with Gasteiger partial charge in [-0.3, -0.25) is 0 Å². The van der Waals surface area contributed by atoms with E-state index < -0.39 is 0 Å². The van der Waals surface area contributed by atoms with Gasteiger partial charge in [-0.25, -0.2) is 0 Å². The third kappa shape index (κ3) is 2.40. The molecule has 0 radical (unpaired) electrons. The summed E-state index contributed by atoms with van der Waals surface area (Å²) in [5.74, 6) is 0. The summed E-state index contributed by atoms with van der Waals surface area (Å²) in [6.45, 7) is 2.25. The summed E-state index contributed by atoms with van der Waals surface area (Å²) in [4.78, 5) is 0. The average Bonchev–Trinajstić information content (AvgIpc) is 3.08. The molecule has 1 heterocycles. The lowest BCUT2D eigenvalue weighted by molar-refractivity contribution is 0.667. The Hall–Kier alpha value is -3.06. The fourth-order valence-electron chi connectivity index (χ4n) is 3.99. The maximum atomic E-state index is 6.25. The van der Waals surface area contributed by atoms with Crippen LogP contribution < -0.4 is 0 Å². The summed E-state index contributed by atoms with van der Waals surface area (Å²) >= 11 is 0. The van der Waals surface area contributed by atoms with Gasteiger partial charge in [0.25, 0.3) is 0 Å². The van der Waals surface area contributed by atoms with Crippen molar-refractivity contribution in [2.75, 3.05) is 0 Å². The Morgan fingerprint density at radius 3 is 2.38 bits per heavy atom. The van der Waals surface area contributed by atoms with Crippen molar-refractivity contribution >= 4 is 33.1 Å². The first-order chi connectivity index (χ1) is 12.8. The van der Waals surface area contributed by atoms with Gasteiger partial charge in [0.1, 0.15) is 11.2 Å². The fraction of sp³-hybridized carbons (Fsp3) is 0.120. The lowest BCUT2D eigenvalue weighted by Gasteiger charge is -2.19. The third-order valence-electron chi connectivity index (χ3n) is 5.38. The largest absolute Gasteiger partial charge is 0.455 e. The second-order valence-electron chi connectivity index (χ2n) is 7.01. The van der Waals surface area contributed by atoms with Crippen molar-refractivity contribution in [1.82, 2.24) is 0 Å². The maximum absolute atomic E-state index is 6.25. The van der Waals surface area contributed by atoms with Gasteiger partial charge in [-0.2, -0.15) is 0 Å². The molecule has 0 atom stereocenters. The number of rotatable bonds is 2. The van der Waals surface area contributed by atoms with Crippen molar-refractivity contribution in [3.05, 3.63) is 95.6 Å². The zero-order chi connectivity index (χ0) is 17.5. The molecule has 4 aromatic rings. The molecule has 0 fully saturated rings. The van der Waals surface area contributed by atoms with Crippen LogP contribution in [0.25, 0.3) is 33.1 Å². The van der Waals surface area contributed by atoms with E-state index in [2.05, 4.69) is 73.7 Å². The summed E-state index contributed by atoms with van der Waals surface area (Å²) in [5.41, 5.74) is 8.64. The maximum Gasteiger partial charge on any atom is 0.142 e. The fourth-order valence-corrected chi connectivity index (χ4v) is 3.99. The molecule has 1 aliphatic rings. The van der Waals surface area contributed by atoms with Gasteiger partial charge >= 0.3 is 0 Å². The van der Waals surface area contributed by atoms with Crippen molar-refractivity contribution < 1.29 is 4.42 Å². The number of hydrogen-bond donors (Lipinski definition) is 0. The minimum absolute atomic E-state index is 0.960.